The third-order valence-electron chi connectivity index (χ3n) is 4.29. The number of fused-ring (bicyclic) bond motifs is 3. The fourth-order valence-corrected chi connectivity index (χ4v) is 3.06. The molecule has 0 fully saturated rings. The van der Waals surface area contributed by atoms with Gasteiger partial charge in [-0.2, -0.15) is 0 Å². The van der Waals surface area contributed by atoms with E-state index in [1.807, 2.05) is 6.07 Å². The molecule has 2 aromatic rings. The Labute approximate surface area is 143 Å². The number of benzene rings is 1. The van der Waals surface area contributed by atoms with Gasteiger partial charge in [-0.1, -0.05) is 0 Å². The number of hydrogen-bond acceptors (Lipinski definition) is 5. The van der Waals surface area contributed by atoms with Crippen LogP contribution in [0.15, 0.2) is 27.4 Å². The number of nitrogens with one attached hydrogen (secondary N) is 1. The average Bonchev–Trinajstić information content (AvgIpc) is 2.59. The summed E-state index contributed by atoms with van der Waals surface area (Å²) >= 11 is 0. The Hall–Kier alpha value is -2.83. The van der Waals surface area contributed by atoms with Gasteiger partial charge in [-0.25, -0.2) is 4.79 Å². The summed E-state index contributed by atoms with van der Waals surface area (Å²) in [5, 5.41) is 11.7. The Morgan fingerprint density at radius 2 is 2.00 bits per heavy atom. The molecule has 1 unspecified atom stereocenters. The van der Waals surface area contributed by atoms with Crippen LogP contribution in [0.2, 0.25) is 0 Å². The standard InChI is InChI=1S/C18H19NO6/c1-10(17(22)19-9-16(20)21)24-11-6-7-13-12-4-2-3-5-14(12)18(23)25-15(13)8-11/h6-8,10H,2-5,9H2,1H3,(H,19,22)(H,20,21). The SMILES string of the molecule is CC(Oc1ccc2c3c(c(=O)oc2c1)CCCC3)C(=O)NCC(=O)O. The molecule has 0 saturated heterocycles. The van der Waals surface area contributed by atoms with E-state index in [2.05, 4.69) is 5.32 Å². The van der Waals surface area contributed by atoms with Gasteiger partial charge in [-0.15, -0.1) is 0 Å². The predicted molar refractivity (Wildman–Crippen MR) is 89.9 cm³/mol. The number of carbonyl (C=O) groups excluding carboxylic acids is 1. The van der Waals surface area contributed by atoms with Crippen LogP contribution in [0.25, 0.3) is 11.0 Å². The molecule has 1 aromatic heterocycles. The van der Waals surface area contributed by atoms with Crippen molar-refractivity contribution < 1.29 is 23.8 Å². The summed E-state index contributed by atoms with van der Waals surface area (Å²) in [6.07, 6.45) is 2.76. The van der Waals surface area contributed by atoms with Crippen molar-refractivity contribution in [3.63, 3.8) is 0 Å². The molecular formula is C18H19NO6. The highest BCUT2D eigenvalue weighted by Crippen LogP contribution is 2.29. The number of hydrogen-bond donors (Lipinski definition) is 2. The number of aliphatic carboxylic acids is 1. The van der Waals surface area contributed by atoms with Crippen LogP contribution in [0.4, 0.5) is 0 Å². The second-order valence-electron chi connectivity index (χ2n) is 6.08. The normalized spacial score (nSPS) is 14.6. The first-order valence-electron chi connectivity index (χ1n) is 8.20. The van der Waals surface area contributed by atoms with Gasteiger partial charge < -0.3 is 19.6 Å². The number of carboxylic acid groups (broad SMARTS) is 1. The molecule has 3 rings (SSSR count). The smallest absolute Gasteiger partial charge is 0.339 e. The van der Waals surface area contributed by atoms with Gasteiger partial charge >= 0.3 is 11.6 Å². The molecule has 1 heterocycles. The van der Waals surface area contributed by atoms with E-state index in [0.717, 1.165) is 42.2 Å². The zero-order chi connectivity index (χ0) is 18.0. The molecule has 25 heavy (non-hydrogen) atoms. The summed E-state index contributed by atoms with van der Waals surface area (Å²) < 4.78 is 10.9. The van der Waals surface area contributed by atoms with E-state index in [1.54, 1.807) is 12.1 Å². The lowest BCUT2D eigenvalue weighted by Crippen LogP contribution is -2.39. The Kier molecular flexibility index (Phi) is 4.74. The number of ether oxygens (including phenoxy) is 1. The van der Waals surface area contributed by atoms with E-state index < -0.39 is 24.5 Å². The van der Waals surface area contributed by atoms with Crippen LogP contribution < -0.4 is 15.7 Å². The largest absolute Gasteiger partial charge is 0.481 e. The molecule has 1 atom stereocenters. The summed E-state index contributed by atoms with van der Waals surface area (Å²) in [5.41, 5.74) is 1.91. The van der Waals surface area contributed by atoms with Crippen LogP contribution in [0, 0.1) is 0 Å². The average molecular weight is 345 g/mol. The lowest BCUT2D eigenvalue weighted by molar-refractivity contribution is -0.139. The lowest BCUT2D eigenvalue weighted by Gasteiger charge is -2.17. The summed E-state index contributed by atoms with van der Waals surface area (Å²) in [5.74, 6) is -1.28. The number of aryl methyl sites for hydroxylation is 1. The van der Waals surface area contributed by atoms with Gasteiger partial charge in [-0.05, 0) is 50.3 Å². The van der Waals surface area contributed by atoms with E-state index >= 15 is 0 Å². The van der Waals surface area contributed by atoms with E-state index in [0.29, 0.717) is 11.3 Å². The second-order valence-corrected chi connectivity index (χ2v) is 6.08. The Balaban J connectivity index is 1.83. The van der Waals surface area contributed by atoms with Crippen LogP contribution in [0.5, 0.6) is 5.75 Å². The summed E-state index contributed by atoms with van der Waals surface area (Å²) in [6.45, 7) is 1.05. The molecule has 1 aliphatic carbocycles. The maximum Gasteiger partial charge on any atom is 0.339 e. The highest BCUT2D eigenvalue weighted by Gasteiger charge is 2.19. The minimum Gasteiger partial charge on any atom is -0.481 e. The zero-order valence-corrected chi connectivity index (χ0v) is 13.8. The summed E-state index contributed by atoms with van der Waals surface area (Å²) in [7, 11) is 0. The third kappa shape index (κ3) is 3.65. The first-order valence-corrected chi connectivity index (χ1v) is 8.20. The predicted octanol–water partition coefficient (Wildman–Crippen LogP) is 1.64. The van der Waals surface area contributed by atoms with Crippen molar-refractivity contribution in [1.29, 1.82) is 0 Å². The number of carbonyl (C=O) groups is 2. The Morgan fingerprint density at radius 1 is 1.28 bits per heavy atom. The molecule has 1 amide bonds. The zero-order valence-electron chi connectivity index (χ0n) is 13.8. The molecule has 132 valence electrons. The summed E-state index contributed by atoms with van der Waals surface area (Å²) in [6, 6.07) is 5.14. The molecule has 0 bridgehead atoms. The highest BCUT2D eigenvalue weighted by molar-refractivity contribution is 5.85. The number of carboxylic acids is 1. The Morgan fingerprint density at radius 3 is 2.72 bits per heavy atom. The number of rotatable bonds is 5. The van der Waals surface area contributed by atoms with Crippen molar-refractivity contribution in [3.8, 4) is 5.75 Å². The molecule has 0 saturated carbocycles. The van der Waals surface area contributed by atoms with Gasteiger partial charge in [-0.3, -0.25) is 9.59 Å². The first-order chi connectivity index (χ1) is 12.0. The molecule has 1 aliphatic rings. The molecule has 7 nitrogen and oxygen atoms in total. The minimum absolute atomic E-state index is 0.313. The molecule has 2 N–H and O–H groups in total. The van der Waals surface area contributed by atoms with Crippen LogP contribution in [0.1, 0.15) is 30.9 Å². The maximum atomic E-state index is 12.1. The number of amides is 1. The molecule has 0 spiro atoms. The molecule has 1 aromatic carbocycles. The highest BCUT2D eigenvalue weighted by atomic mass is 16.5. The van der Waals surface area contributed by atoms with Crippen LogP contribution in [-0.4, -0.2) is 29.6 Å². The summed E-state index contributed by atoms with van der Waals surface area (Å²) in [4.78, 5) is 34.4. The molecule has 0 radical (unpaired) electrons. The van der Waals surface area contributed by atoms with E-state index in [9.17, 15) is 14.4 Å². The van der Waals surface area contributed by atoms with Gasteiger partial charge in [0.05, 0.1) is 0 Å². The van der Waals surface area contributed by atoms with Crippen LogP contribution in [-0.2, 0) is 22.4 Å². The van der Waals surface area contributed by atoms with Crippen molar-refractivity contribution in [3.05, 3.63) is 39.7 Å². The fraction of sp³-hybridized carbons (Fsp3) is 0.389. The van der Waals surface area contributed by atoms with Crippen molar-refractivity contribution >= 4 is 22.8 Å². The quantitative estimate of drug-likeness (QED) is 0.798. The van der Waals surface area contributed by atoms with Gasteiger partial charge in [0.2, 0.25) is 0 Å². The van der Waals surface area contributed by atoms with Crippen molar-refractivity contribution in [2.45, 2.75) is 38.7 Å². The van der Waals surface area contributed by atoms with Gasteiger partial charge in [0.15, 0.2) is 6.10 Å². The molecule has 0 aliphatic heterocycles. The topological polar surface area (TPSA) is 106 Å². The van der Waals surface area contributed by atoms with E-state index in [-0.39, 0.29) is 5.63 Å². The fourth-order valence-electron chi connectivity index (χ4n) is 3.06. The van der Waals surface area contributed by atoms with Crippen LogP contribution >= 0.6 is 0 Å². The molecular weight excluding hydrogens is 326 g/mol. The van der Waals surface area contributed by atoms with Gasteiger partial charge in [0.1, 0.15) is 17.9 Å². The van der Waals surface area contributed by atoms with Gasteiger partial charge in [0, 0.05) is 17.0 Å². The monoisotopic (exact) mass is 345 g/mol. The Bertz CT molecular complexity index is 885. The van der Waals surface area contributed by atoms with Crippen molar-refractivity contribution in [1.82, 2.24) is 5.32 Å². The third-order valence-corrected chi connectivity index (χ3v) is 4.29. The van der Waals surface area contributed by atoms with Gasteiger partial charge in [0.25, 0.3) is 5.91 Å². The second kappa shape index (κ2) is 6.96. The first kappa shape index (κ1) is 17.0. The van der Waals surface area contributed by atoms with E-state index in [4.69, 9.17) is 14.3 Å². The lowest BCUT2D eigenvalue weighted by atomic mass is 9.91. The van der Waals surface area contributed by atoms with Crippen molar-refractivity contribution in [2.75, 3.05) is 6.54 Å². The van der Waals surface area contributed by atoms with E-state index in [1.165, 1.54) is 6.92 Å². The molecule has 7 heteroatoms. The van der Waals surface area contributed by atoms with Crippen LogP contribution in [0.3, 0.4) is 0 Å². The maximum absolute atomic E-state index is 12.1. The minimum atomic E-state index is -1.13. The van der Waals surface area contributed by atoms with Crippen molar-refractivity contribution in [2.24, 2.45) is 0 Å².